The summed E-state index contributed by atoms with van der Waals surface area (Å²) >= 11 is 1.60. The van der Waals surface area contributed by atoms with Gasteiger partial charge < -0.3 is 29.4 Å². The topological polar surface area (TPSA) is 88.7 Å². The van der Waals surface area contributed by atoms with Gasteiger partial charge in [-0.25, -0.2) is 9.37 Å². The van der Waals surface area contributed by atoms with Gasteiger partial charge in [-0.15, -0.1) is 0 Å². The fourth-order valence-corrected chi connectivity index (χ4v) is 5.54. The molecule has 0 radical (unpaired) electrons. The number of aromatic amines is 1. The highest BCUT2D eigenvalue weighted by Gasteiger charge is 2.23. The van der Waals surface area contributed by atoms with E-state index in [1.807, 2.05) is 42.5 Å². The zero-order valence-corrected chi connectivity index (χ0v) is 21.4. The van der Waals surface area contributed by atoms with E-state index in [9.17, 15) is 9.18 Å². The van der Waals surface area contributed by atoms with E-state index in [-0.39, 0.29) is 11.4 Å². The first-order valence-corrected chi connectivity index (χ1v) is 13.0. The molecule has 0 aliphatic carbocycles. The molecule has 1 fully saturated rings. The third-order valence-corrected chi connectivity index (χ3v) is 7.48. The molecule has 2 aromatic heterocycles. The number of fused-ring (bicyclic) bond motifs is 2. The normalized spacial score (nSPS) is 14.3. The third-order valence-electron chi connectivity index (χ3n) is 6.40. The Balaban J connectivity index is 1.23. The lowest BCUT2D eigenvalue weighted by Crippen LogP contribution is -2.36. The Hall–Kier alpha value is -4.02. The molecule has 4 heterocycles. The standard InChI is InChI=1S/C28H25FN4O4S/c1-35-28-21(29)11-17(16-31-28)15-30-18-5-6-23-25(12-18)38-24-4-2-3-20(27(24)37-23)22-13-19(14-26(34)32-22)33-7-9-36-10-8-33/h2-6,11-14,16,30H,7-10,15H2,1H3,(H,32,34). The molecule has 0 bridgehead atoms. The van der Waals surface area contributed by atoms with Crippen LogP contribution in [-0.2, 0) is 11.3 Å². The molecule has 2 aliphatic heterocycles. The van der Waals surface area contributed by atoms with Crippen LogP contribution >= 0.6 is 11.8 Å². The van der Waals surface area contributed by atoms with Crippen LogP contribution in [0.3, 0.4) is 0 Å². The van der Waals surface area contributed by atoms with E-state index < -0.39 is 5.82 Å². The number of ether oxygens (including phenoxy) is 3. The number of nitrogens with one attached hydrogen (secondary N) is 2. The maximum absolute atomic E-state index is 14.0. The molecule has 6 rings (SSSR count). The molecule has 2 aromatic carbocycles. The van der Waals surface area contributed by atoms with Crippen molar-refractivity contribution < 1.29 is 18.6 Å². The Morgan fingerprint density at radius 3 is 2.82 bits per heavy atom. The highest BCUT2D eigenvalue weighted by Crippen LogP contribution is 2.51. The van der Waals surface area contributed by atoms with Crippen molar-refractivity contribution in [3.05, 3.63) is 82.5 Å². The number of anilines is 2. The number of hydrogen-bond donors (Lipinski definition) is 2. The lowest BCUT2D eigenvalue weighted by molar-refractivity contribution is 0.122. The average molecular weight is 533 g/mol. The highest BCUT2D eigenvalue weighted by molar-refractivity contribution is 7.99. The zero-order chi connectivity index (χ0) is 26.1. The van der Waals surface area contributed by atoms with Crippen LogP contribution in [0, 0.1) is 5.82 Å². The van der Waals surface area contributed by atoms with Gasteiger partial charge in [0.15, 0.2) is 11.6 Å². The summed E-state index contributed by atoms with van der Waals surface area (Å²) in [5.41, 5.74) is 3.82. The number of pyridine rings is 2. The fourth-order valence-electron chi connectivity index (χ4n) is 4.52. The number of benzene rings is 2. The smallest absolute Gasteiger partial charge is 0.250 e. The largest absolute Gasteiger partial charge is 0.479 e. The van der Waals surface area contributed by atoms with Crippen molar-refractivity contribution in [3.63, 3.8) is 0 Å². The average Bonchev–Trinajstić information content (AvgIpc) is 2.94. The first-order chi connectivity index (χ1) is 18.6. The predicted molar refractivity (Wildman–Crippen MR) is 144 cm³/mol. The summed E-state index contributed by atoms with van der Waals surface area (Å²) in [7, 11) is 1.39. The number of methoxy groups -OCH3 is 1. The molecule has 0 unspecified atom stereocenters. The second kappa shape index (κ2) is 10.4. The maximum atomic E-state index is 14.0. The van der Waals surface area contributed by atoms with Crippen LogP contribution < -0.4 is 25.2 Å². The summed E-state index contributed by atoms with van der Waals surface area (Å²) in [6, 6.07) is 16.8. The molecular weight excluding hydrogens is 507 g/mol. The number of halogens is 1. The number of para-hydroxylation sites is 1. The van der Waals surface area contributed by atoms with Crippen LogP contribution in [0.5, 0.6) is 17.4 Å². The van der Waals surface area contributed by atoms with E-state index in [1.165, 1.54) is 13.2 Å². The maximum Gasteiger partial charge on any atom is 0.250 e. The van der Waals surface area contributed by atoms with Gasteiger partial charge in [0, 0.05) is 48.8 Å². The molecule has 10 heteroatoms. The summed E-state index contributed by atoms with van der Waals surface area (Å²) in [6.07, 6.45) is 1.58. The van der Waals surface area contributed by atoms with Crippen molar-refractivity contribution in [1.29, 1.82) is 0 Å². The second-order valence-electron chi connectivity index (χ2n) is 8.90. The Kier molecular flexibility index (Phi) is 6.65. The van der Waals surface area contributed by atoms with Gasteiger partial charge in [-0.3, -0.25) is 4.79 Å². The van der Waals surface area contributed by atoms with Crippen molar-refractivity contribution in [1.82, 2.24) is 9.97 Å². The fraction of sp³-hybridized carbons (Fsp3) is 0.214. The summed E-state index contributed by atoms with van der Waals surface area (Å²) in [5.74, 6) is 0.918. The second-order valence-corrected chi connectivity index (χ2v) is 9.99. The highest BCUT2D eigenvalue weighted by atomic mass is 32.2. The van der Waals surface area contributed by atoms with Gasteiger partial charge in [-0.05, 0) is 48.0 Å². The van der Waals surface area contributed by atoms with E-state index in [4.69, 9.17) is 14.2 Å². The zero-order valence-electron chi connectivity index (χ0n) is 20.6. The Morgan fingerprint density at radius 2 is 2.00 bits per heavy atom. The van der Waals surface area contributed by atoms with E-state index in [0.717, 1.165) is 45.6 Å². The van der Waals surface area contributed by atoms with Crippen LogP contribution in [0.15, 0.2) is 75.4 Å². The summed E-state index contributed by atoms with van der Waals surface area (Å²) in [4.78, 5) is 23.6. The molecule has 194 valence electrons. The number of H-pyrrole nitrogens is 1. The Morgan fingerprint density at radius 1 is 1.13 bits per heavy atom. The number of hydrogen-bond acceptors (Lipinski definition) is 8. The first kappa shape index (κ1) is 24.3. The SMILES string of the molecule is COc1ncc(CNc2ccc3c(c2)Sc2cccc(-c4cc(N5CCOCC5)cc(=O)[nH]4)c2O3)cc1F. The van der Waals surface area contributed by atoms with E-state index in [2.05, 4.69) is 20.2 Å². The lowest BCUT2D eigenvalue weighted by Gasteiger charge is -2.29. The molecule has 0 saturated carbocycles. The van der Waals surface area contributed by atoms with Crippen molar-refractivity contribution in [2.45, 2.75) is 16.3 Å². The minimum atomic E-state index is -0.495. The molecule has 1 saturated heterocycles. The molecule has 0 atom stereocenters. The molecular formula is C28H25FN4O4S. The van der Waals surface area contributed by atoms with Crippen LogP contribution in [0.4, 0.5) is 15.8 Å². The number of rotatable bonds is 6. The summed E-state index contributed by atoms with van der Waals surface area (Å²) in [6.45, 7) is 3.19. The van der Waals surface area contributed by atoms with Crippen LogP contribution in [0.2, 0.25) is 0 Å². The molecule has 2 aliphatic rings. The molecule has 38 heavy (non-hydrogen) atoms. The van der Waals surface area contributed by atoms with Crippen LogP contribution in [0.1, 0.15) is 5.56 Å². The van der Waals surface area contributed by atoms with Gasteiger partial charge in [-0.1, -0.05) is 17.8 Å². The quantitative estimate of drug-likeness (QED) is 0.305. The van der Waals surface area contributed by atoms with E-state index in [1.54, 1.807) is 24.0 Å². The number of morpholine rings is 1. The van der Waals surface area contributed by atoms with Gasteiger partial charge in [-0.2, -0.15) is 0 Å². The van der Waals surface area contributed by atoms with Crippen molar-refractivity contribution in [2.75, 3.05) is 43.6 Å². The van der Waals surface area contributed by atoms with E-state index in [0.29, 0.717) is 36.8 Å². The lowest BCUT2D eigenvalue weighted by atomic mass is 10.1. The molecule has 2 N–H and O–H groups in total. The molecule has 8 nitrogen and oxygen atoms in total. The van der Waals surface area contributed by atoms with Crippen LogP contribution in [-0.4, -0.2) is 43.4 Å². The Bertz CT molecular complexity index is 1550. The van der Waals surface area contributed by atoms with Gasteiger partial charge in [0.05, 0.1) is 35.8 Å². The van der Waals surface area contributed by atoms with Crippen LogP contribution in [0.25, 0.3) is 11.3 Å². The van der Waals surface area contributed by atoms with Crippen molar-refractivity contribution in [2.24, 2.45) is 0 Å². The first-order valence-electron chi connectivity index (χ1n) is 12.2. The molecule has 4 aromatic rings. The number of nitrogens with zero attached hydrogens (tertiary/aromatic N) is 2. The summed E-state index contributed by atoms with van der Waals surface area (Å²) in [5, 5.41) is 3.31. The van der Waals surface area contributed by atoms with Crippen molar-refractivity contribution >= 4 is 23.1 Å². The minimum absolute atomic E-state index is 0.0222. The molecule has 0 spiro atoms. The molecule has 0 amide bonds. The van der Waals surface area contributed by atoms with Gasteiger partial charge in [0.25, 0.3) is 0 Å². The predicted octanol–water partition coefficient (Wildman–Crippen LogP) is 5.29. The van der Waals surface area contributed by atoms with Gasteiger partial charge >= 0.3 is 0 Å². The van der Waals surface area contributed by atoms with Gasteiger partial charge in [0.1, 0.15) is 5.75 Å². The summed E-state index contributed by atoms with van der Waals surface area (Å²) < 4.78 is 30.7. The van der Waals surface area contributed by atoms with Gasteiger partial charge in [0.2, 0.25) is 11.4 Å². The Labute approximate surface area is 222 Å². The monoisotopic (exact) mass is 532 g/mol. The third kappa shape index (κ3) is 4.92. The van der Waals surface area contributed by atoms with Crippen molar-refractivity contribution in [3.8, 4) is 28.6 Å². The minimum Gasteiger partial charge on any atom is -0.479 e. The number of aromatic nitrogens is 2. The van der Waals surface area contributed by atoms with E-state index >= 15 is 0 Å².